The van der Waals surface area contributed by atoms with Crippen molar-refractivity contribution in [2.75, 3.05) is 6.54 Å². The highest BCUT2D eigenvalue weighted by Crippen LogP contribution is 2.69. The molecule has 4 N–H and O–H groups in total. The second kappa shape index (κ2) is 12.5. The zero-order valence-corrected chi connectivity index (χ0v) is 28.4. The van der Waals surface area contributed by atoms with Crippen LogP contribution >= 0.6 is 0 Å². The van der Waals surface area contributed by atoms with E-state index in [-0.39, 0.29) is 33.9 Å². The van der Waals surface area contributed by atoms with Gasteiger partial charge in [0.05, 0.1) is 17.1 Å². The van der Waals surface area contributed by atoms with Gasteiger partial charge in [0.1, 0.15) is 0 Å². The molecule has 0 heterocycles. The summed E-state index contributed by atoms with van der Waals surface area (Å²) in [5.41, 5.74) is 0.416. The van der Waals surface area contributed by atoms with Gasteiger partial charge in [-0.2, -0.15) is 0 Å². The molecule has 6 rings (SSSR count). The maximum absolute atomic E-state index is 12.8. The monoisotopic (exact) mass is 638 g/mol. The average molecular weight is 639 g/mol. The molecule has 248 valence electrons. The van der Waals surface area contributed by atoms with Crippen molar-refractivity contribution in [2.45, 2.75) is 109 Å². The first-order valence-corrected chi connectivity index (χ1v) is 19.0. The van der Waals surface area contributed by atoms with Crippen LogP contribution in [0.1, 0.15) is 91.9 Å². The Kier molecular flexibility index (Phi) is 9.07. The van der Waals surface area contributed by atoms with E-state index in [1.807, 2.05) is 24.3 Å². The Morgan fingerprint density at radius 1 is 0.956 bits per heavy atom. The van der Waals surface area contributed by atoms with Crippen LogP contribution in [0.5, 0.6) is 0 Å². The Balaban J connectivity index is 1.04. The van der Waals surface area contributed by atoms with Gasteiger partial charge >= 0.3 is 6.03 Å². The highest BCUT2D eigenvalue weighted by atomic mass is 32.2. The van der Waals surface area contributed by atoms with Gasteiger partial charge in [-0.15, -0.1) is 0 Å². The minimum atomic E-state index is -3.97. The van der Waals surface area contributed by atoms with E-state index in [1.165, 1.54) is 31.7 Å². The second-order valence-electron chi connectivity index (χ2n) is 15.6. The van der Waals surface area contributed by atoms with Gasteiger partial charge in [-0.25, -0.2) is 17.9 Å². The Morgan fingerprint density at radius 3 is 2.42 bits per heavy atom. The van der Waals surface area contributed by atoms with Gasteiger partial charge < -0.3 is 15.5 Å². The quantitative estimate of drug-likeness (QED) is 0.236. The fourth-order valence-electron chi connectivity index (χ4n) is 11.3. The van der Waals surface area contributed by atoms with Gasteiger partial charge in [-0.1, -0.05) is 64.4 Å². The van der Waals surface area contributed by atoms with E-state index in [1.54, 1.807) is 12.1 Å². The lowest BCUT2D eigenvalue weighted by Gasteiger charge is -2.64. The average Bonchev–Trinajstić information content (AvgIpc) is 3.37. The molecule has 45 heavy (non-hydrogen) atoms. The smallest absolute Gasteiger partial charge is 0.328 e. The number of urea groups is 1. The lowest BCUT2D eigenvalue weighted by molar-refractivity contribution is -0.203. The van der Waals surface area contributed by atoms with Gasteiger partial charge in [-0.3, -0.25) is 0 Å². The summed E-state index contributed by atoms with van der Waals surface area (Å²) >= 11 is 0. The molecule has 1 unspecified atom stereocenters. The third-order valence-electron chi connectivity index (χ3n) is 13.5. The summed E-state index contributed by atoms with van der Waals surface area (Å²) in [4.78, 5) is 12.6. The van der Waals surface area contributed by atoms with E-state index >= 15 is 0 Å². The topological polar surface area (TPSA) is 116 Å². The maximum atomic E-state index is 12.8. The van der Waals surface area contributed by atoms with E-state index in [4.69, 9.17) is 0 Å². The Bertz CT molecular complexity index is 1500. The second-order valence-corrected chi connectivity index (χ2v) is 17.3. The first-order valence-electron chi connectivity index (χ1n) is 17.5. The minimum absolute atomic E-state index is 0.0719. The predicted octanol–water partition coefficient (Wildman–Crippen LogP) is 6.87. The summed E-state index contributed by atoms with van der Waals surface area (Å²) in [7, 11) is -3.97. The summed E-state index contributed by atoms with van der Waals surface area (Å²) in [5.74, 6) is 3.16. The number of benzene rings is 2. The number of hydrogen-bond donors (Lipinski definition) is 4. The number of carbonyl (C=O) groups is 1. The first-order chi connectivity index (χ1) is 21.4. The van der Waals surface area contributed by atoms with Crippen LogP contribution < -0.4 is 10.0 Å². The summed E-state index contributed by atoms with van der Waals surface area (Å²) in [6.07, 6.45) is 9.79. The van der Waals surface area contributed by atoms with E-state index < -0.39 is 16.1 Å². The Hall–Kier alpha value is -2.16. The van der Waals surface area contributed by atoms with Crippen molar-refractivity contribution >= 4 is 26.8 Å². The molecular formula is C37H54N2O5S. The number of aliphatic hydroxyl groups excluding tert-OH is 2. The molecule has 0 bridgehead atoms. The summed E-state index contributed by atoms with van der Waals surface area (Å²) in [5, 5.41) is 27.0. The van der Waals surface area contributed by atoms with Crippen molar-refractivity contribution in [3.05, 3.63) is 42.5 Å². The number of sulfonamides is 1. The lowest BCUT2D eigenvalue weighted by Crippen LogP contribution is -2.62. The molecule has 4 aliphatic rings. The van der Waals surface area contributed by atoms with Crippen molar-refractivity contribution in [1.82, 2.24) is 10.0 Å². The summed E-state index contributed by atoms with van der Waals surface area (Å²) in [6, 6.07) is 11.7. The summed E-state index contributed by atoms with van der Waals surface area (Å²) in [6.45, 7) is 9.98. The molecule has 0 aromatic heterocycles. The molecule has 0 aliphatic heterocycles. The van der Waals surface area contributed by atoms with Crippen LogP contribution in [-0.2, 0) is 10.0 Å². The fourth-order valence-corrected chi connectivity index (χ4v) is 12.3. The molecule has 4 saturated carbocycles. The molecule has 7 nitrogen and oxygen atoms in total. The Labute approximate surface area is 270 Å². The number of amides is 2. The molecule has 8 heteroatoms. The highest BCUT2D eigenvalue weighted by molar-refractivity contribution is 7.90. The van der Waals surface area contributed by atoms with Crippen LogP contribution in [0.15, 0.2) is 47.4 Å². The van der Waals surface area contributed by atoms with Crippen LogP contribution in [-0.4, -0.2) is 43.4 Å². The molecule has 2 aromatic rings. The number of aliphatic hydroxyl groups is 2. The number of nitrogens with one attached hydrogen (secondary N) is 2. The van der Waals surface area contributed by atoms with Crippen LogP contribution in [0.3, 0.4) is 0 Å². The van der Waals surface area contributed by atoms with Crippen molar-refractivity contribution in [2.24, 2.45) is 52.3 Å². The molecule has 4 aliphatic carbocycles. The third kappa shape index (κ3) is 5.82. The first kappa shape index (κ1) is 32.8. The van der Waals surface area contributed by atoms with E-state index in [0.717, 1.165) is 49.3 Å². The predicted molar refractivity (Wildman–Crippen MR) is 178 cm³/mol. The largest absolute Gasteiger partial charge is 0.393 e. The number of fused-ring (bicyclic) bond motifs is 6. The normalized spacial score (nSPS) is 38.5. The Morgan fingerprint density at radius 2 is 1.67 bits per heavy atom. The number of rotatable bonds is 8. The molecule has 2 aromatic carbocycles. The molecule has 0 spiro atoms. The van der Waals surface area contributed by atoms with Gasteiger partial charge in [0.25, 0.3) is 10.0 Å². The van der Waals surface area contributed by atoms with Crippen molar-refractivity contribution in [3.63, 3.8) is 0 Å². The molecule has 2 amide bonds. The van der Waals surface area contributed by atoms with E-state index in [2.05, 4.69) is 37.7 Å². The number of carbonyl (C=O) groups excluding carboxylic acids is 1. The van der Waals surface area contributed by atoms with Crippen LogP contribution in [0.25, 0.3) is 10.8 Å². The van der Waals surface area contributed by atoms with Crippen LogP contribution in [0, 0.1) is 52.3 Å². The van der Waals surface area contributed by atoms with E-state index in [9.17, 15) is 23.4 Å². The van der Waals surface area contributed by atoms with Gasteiger partial charge in [-0.05, 0) is 133 Å². The molecule has 0 saturated heterocycles. The van der Waals surface area contributed by atoms with Crippen molar-refractivity contribution in [3.8, 4) is 0 Å². The molecule has 4 fully saturated rings. The molecular weight excluding hydrogens is 584 g/mol. The standard InChI is InChI=1S/C37H54N2O5S/c1-5-28-32-22-26(40)16-18-37(32,4)31-17-19-36(3)29(14-15-30(36)33(31)34(28)41)23(2)9-8-20-38-35(42)39-45(43,44)27-13-12-24-10-6-7-11-25(24)21-27/h6-7,10-13,21,23,26,28-34,40-41H,5,8-9,14-20,22H2,1-4H3,(H2,38,39,42)/t23-,26-,28-,29-,30+,31+,32+,33+,34-,36?,37-/m1/s1. The SMILES string of the molecule is CC[C@H]1[C@@H](O)[C@H]2[C@@H]3CC[C@H]([C@H](C)CCCNC(=O)NS(=O)(=O)c4ccc5ccccc5c4)C3(C)CC[C@@H]2[C@@]2(C)CC[C@@H](O)C[C@@H]12. The van der Waals surface area contributed by atoms with Gasteiger partial charge in [0.2, 0.25) is 0 Å². The lowest BCUT2D eigenvalue weighted by atomic mass is 9.41. The summed E-state index contributed by atoms with van der Waals surface area (Å²) < 4.78 is 27.9. The van der Waals surface area contributed by atoms with Gasteiger partial charge in [0.15, 0.2) is 0 Å². The highest BCUT2D eigenvalue weighted by Gasteiger charge is 2.64. The van der Waals surface area contributed by atoms with Crippen LogP contribution in [0.4, 0.5) is 4.79 Å². The number of hydrogen-bond acceptors (Lipinski definition) is 5. The van der Waals surface area contributed by atoms with Gasteiger partial charge in [0, 0.05) is 6.54 Å². The van der Waals surface area contributed by atoms with Crippen molar-refractivity contribution < 1.29 is 23.4 Å². The third-order valence-corrected chi connectivity index (χ3v) is 14.9. The molecule has 11 atom stereocenters. The van der Waals surface area contributed by atoms with Crippen LogP contribution in [0.2, 0.25) is 0 Å². The minimum Gasteiger partial charge on any atom is -0.393 e. The fraction of sp³-hybridized carbons (Fsp3) is 0.703. The van der Waals surface area contributed by atoms with Crippen molar-refractivity contribution in [1.29, 1.82) is 0 Å². The van der Waals surface area contributed by atoms with E-state index in [0.29, 0.717) is 42.1 Å². The molecule has 0 radical (unpaired) electrons. The zero-order valence-electron chi connectivity index (χ0n) is 27.5. The maximum Gasteiger partial charge on any atom is 0.328 e. The zero-order chi connectivity index (χ0) is 32.1.